The number of likely N-dealkylation sites (tertiary alicyclic amines) is 1. The van der Waals surface area contributed by atoms with Crippen LogP contribution in [0.5, 0.6) is 0 Å². The topological polar surface area (TPSA) is 54.8 Å². The lowest BCUT2D eigenvalue weighted by atomic mass is 9.76. The van der Waals surface area contributed by atoms with Gasteiger partial charge in [-0.1, -0.05) is 30.4 Å². The third-order valence-corrected chi connectivity index (χ3v) is 7.61. The lowest BCUT2D eigenvalue weighted by Crippen LogP contribution is -2.48. The Balaban J connectivity index is 1.25. The zero-order chi connectivity index (χ0) is 21.3. The second-order valence-corrected chi connectivity index (χ2v) is 9.47. The molecule has 1 aromatic heterocycles. The third kappa shape index (κ3) is 2.74. The summed E-state index contributed by atoms with van der Waals surface area (Å²) < 4.78 is 8.51. The Kier molecular flexibility index (Phi) is 4.00. The summed E-state index contributed by atoms with van der Waals surface area (Å²) >= 11 is 0. The Labute approximate surface area is 182 Å². The first-order chi connectivity index (χ1) is 14.9. The van der Waals surface area contributed by atoms with Crippen molar-refractivity contribution in [1.29, 1.82) is 0 Å². The second-order valence-electron chi connectivity index (χ2n) is 9.47. The van der Waals surface area contributed by atoms with Crippen molar-refractivity contribution in [2.75, 3.05) is 13.1 Å². The first-order valence-corrected chi connectivity index (χ1v) is 11.1. The molecule has 4 aliphatic rings. The molecule has 0 aliphatic carbocycles. The number of carbonyl (C=O) groups is 2. The largest absolute Gasteiger partial charge is 0.360 e. The van der Waals surface area contributed by atoms with Gasteiger partial charge < -0.3 is 19.1 Å². The third-order valence-electron chi connectivity index (χ3n) is 7.61. The fourth-order valence-electron chi connectivity index (χ4n) is 5.83. The van der Waals surface area contributed by atoms with Crippen LogP contribution in [0, 0.1) is 25.7 Å². The van der Waals surface area contributed by atoms with Crippen LogP contribution in [0.3, 0.4) is 0 Å². The predicted octanol–water partition coefficient (Wildman–Crippen LogP) is 2.43. The molecule has 0 unspecified atom stereocenters. The summed E-state index contributed by atoms with van der Waals surface area (Å²) in [5, 5.41) is 0. The average molecular weight is 418 g/mol. The maximum absolute atomic E-state index is 13.6. The molecule has 0 N–H and O–H groups in total. The molecule has 1 aromatic carbocycles. The van der Waals surface area contributed by atoms with Crippen molar-refractivity contribution in [3.8, 4) is 0 Å². The van der Waals surface area contributed by atoms with Gasteiger partial charge in [0.05, 0.1) is 31.0 Å². The molecule has 2 aromatic rings. The van der Waals surface area contributed by atoms with Gasteiger partial charge >= 0.3 is 0 Å². The molecular weight excluding hydrogens is 390 g/mol. The molecule has 0 radical (unpaired) electrons. The SMILES string of the molecule is Cc1ccc(CN2C[C@]34C=C[C@H](O3)[C@H](C(=O)N3CCn5cccc5C3)[C@H]4C2=O)cc1C. The molecule has 0 saturated carbocycles. The molecule has 2 bridgehead atoms. The van der Waals surface area contributed by atoms with E-state index in [-0.39, 0.29) is 17.9 Å². The number of benzene rings is 1. The molecule has 4 atom stereocenters. The summed E-state index contributed by atoms with van der Waals surface area (Å²) in [7, 11) is 0. The van der Waals surface area contributed by atoms with E-state index in [1.807, 2.05) is 28.0 Å². The Hall–Kier alpha value is -2.86. The molecule has 2 amide bonds. The predicted molar refractivity (Wildman–Crippen MR) is 115 cm³/mol. The number of ether oxygens (including phenoxy) is 1. The summed E-state index contributed by atoms with van der Waals surface area (Å²) in [6, 6.07) is 10.4. The van der Waals surface area contributed by atoms with E-state index in [0.717, 1.165) is 17.8 Å². The van der Waals surface area contributed by atoms with Crippen LogP contribution in [0.2, 0.25) is 0 Å². The highest BCUT2D eigenvalue weighted by Gasteiger charge is 2.67. The number of aromatic nitrogens is 1. The highest BCUT2D eigenvalue weighted by molar-refractivity contribution is 5.93. The number of rotatable bonds is 3. The number of carbonyl (C=O) groups excluding carboxylic acids is 2. The molecule has 2 saturated heterocycles. The summed E-state index contributed by atoms with van der Waals surface area (Å²) in [5.74, 6) is -0.752. The number of nitrogens with zero attached hydrogens (tertiary/aromatic N) is 3. The monoisotopic (exact) mass is 417 g/mol. The highest BCUT2D eigenvalue weighted by Crippen LogP contribution is 2.52. The molecule has 6 heteroatoms. The van der Waals surface area contributed by atoms with Crippen molar-refractivity contribution < 1.29 is 14.3 Å². The fourth-order valence-corrected chi connectivity index (χ4v) is 5.83. The minimum atomic E-state index is -0.655. The van der Waals surface area contributed by atoms with E-state index in [9.17, 15) is 9.59 Å². The fraction of sp³-hybridized carbons (Fsp3) is 0.440. The molecule has 160 valence electrons. The van der Waals surface area contributed by atoms with Crippen molar-refractivity contribution in [2.24, 2.45) is 11.8 Å². The van der Waals surface area contributed by atoms with Crippen molar-refractivity contribution in [3.05, 3.63) is 71.1 Å². The Morgan fingerprint density at radius 3 is 2.90 bits per heavy atom. The maximum atomic E-state index is 13.6. The van der Waals surface area contributed by atoms with Crippen LogP contribution in [0.25, 0.3) is 0 Å². The van der Waals surface area contributed by atoms with Gasteiger partial charge in [0.25, 0.3) is 0 Å². The van der Waals surface area contributed by atoms with Gasteiger partial charge in [0.2, 0.25) is 11.8 Å². The number of hydrogen-bond donors (Lipinski definition) is 0. The van der Waals surface area contributed by atoms with E-state index < -0.39 is 17.4 Å². The standard InChI is InChI=1S/C25H27N3O3/c1-16-5-6-18(12-17(16)2)13-28-15-25-8-7-20(31-25)21(22(25)24(28)30)23(29)27-11-10-26-9-3-4-19(26)14-27/h3-9,12,20-22H,10-11,13-15H2,1-2H3/t20-,21-,22-,25-/m0/s1. The summed E-state index contributed by atoms with van der Waals surface area (Å²) in [5.41, 5.74) is 4.07. The van der Waals surface area contributed by atoms with Gasteiger partial charge in [-0.3, -0.25) is 9.59 Å². The van der Waals surface area contributed by atoms with Crippen LogP contribution in [0.1, 0.15) is 22.4 Å². The van der Waals surface area contributed by atoms with Crippen molar-refractivity contribution in [2.45, 2.75) is 45.2 Å². The minimum absolute atomic E-state index is 0.0452. The van der Waals surface area contributed by atoms with Gasteiger partial charge in [0, 0.05) is 31.5 Å². The number of hydrogen-bond acceptors (Lipinski definition) is 3. The van der Waals surface area contributed by atoms with Crippen LogP contribution in [0.4, 0.5) is 0 Å². The molecule has 1 spiro atoms. The summed E-state index contributed by atoms with van der Waals surface area (Å²) in [6.07, 6.45) is 5.80. The minimum Gasteiger partial charge on any atom is -0.360 e. The Bertz CT molecular complexity index is 1120. The van der Waals surface area contributed by atoms with Crippen LogP contribution < -0.4 is 0 Å². The first-order valence-electron chi connectivity index (χ1n) is 11.1. The van der Waals surface area contributed by atoms with E-state index >= 15 is 0 Å². The zero-order valence-electron chi connectivity index (χ0n) is 18.0. The van der Waals surface area contributed by atoms with Crippen molar-refractivity contribution >= 4 is 11.8 Å². The van der Waals surface area contributed by atoms with Gasteiger partial charge in [-0.25, -0.2) is 0 Å². The van der Waals surface area contributed by atoms with Crippen LogP contribution in [0.15, 0.2) is 48.7 Å². The Morgan fingerprint density at radius 2 is 2.06 bits per heavy atom. The molecule has 5 heterocycles. The van der Waals surface area contributed by atoms with Crippen LogP contribution >= 0.6 is 0 Å². The first kappa shape index (κ1) is 18.9. The van der Waals surface area contributed by atoms with E-state index in [0.29, 0.717) is 26.2 Å². The average Bonchev–Trinajstić information content (AvgIpc) is 3.51. The summed E-state index contributed by atoms with van der Waals surface area (Å²) in [6.45, 7) is 7.32. The van der Waals surface area contributed by atoms with Gasteiger partial charge in [0.1, 0.15) is 5.60 Å². The second kappa shape index (κ2) is 6.57. The van der Waals surface area contributed by atoms with E-state index in [4.69, 9.17) is 4.74 Å². The van der Waals surface area contributed by atoms with Crippen molar-refractivity contribution in [1.82, 2.24) is 14.4 Å². The van der Waals surface area contributed by atoms with Crippen LogP contribution in [-0.4, -0.2) is 51.0 Å². The molecule has 31 heavy (non-hydrogen) atoms. The Morgan fingerprint density at radius 1 is 1.19 bits per heavy atom. The van der Waals surface area contributed by atoms with Gasteiger partial charge in [-0.05, 0) is 42.7 Å². The smallest absolute Gasteiger partial charge is 0.230 e. The number of fused-ring (bicyclic) bond motifs is 2. The molecule has 6 nitrogen and oxygen atoms in total. The van der Waals surface area contributed by atoms with Crippen LogP contribution in [-0.2, 0) is 34.0 Å². The molecule has 2 fully saturated rings. The molecule has 4 aliphatic heterocycles. The quantitative estimate of drug-likeness (QED) is 0.721. The molecular formula is C25H27N3O3. The van der Waals surface area contributed by atoms with E-state index in [1.165, 1.54) is 11.1 Å². The van der Waals surface area contributed by atoms with Gasteiger partial charge in [0.15, 0.2) is 0 Å². The zero-order valence-corrected chi connectivity index (χ0v) is 18.0. The maximum Gasteiger partial charge on any atom is 0.230 e. The van der Waals surface area contributed by atoms with E-state index in [1.54, 1.807) is 0 Å². The van der Waals surface area contributed by atoms with Crippen molar-refractivity contribution in [3.63, 3.8) is 0 Å². The number of amides is 2. The lowest BCUT2D eigenvalue weighted by Gasteiger charge is -2.33. The van der Waals surface area contributed by atoms with Gasteiger partial charge in [-0.15, -0.1) is 0 Å². The lowest BCUT2D eigenvalue weighted by molar-refractivity contribution is -0.144. The summed E-state index contributed by atoms with van der Waals surface area (Å²) in [4.78, 5) is 30.9. The van der Waals surface area contributed by atoms with Gasteiger partial charge in [-0.2, -0.15) is 0 Å². The normalized spacial score (nSPS) is 30.8. The molecule has 6 rings (SSSR count). The van der Waals surface area contributed by atoms with E-state index in [2.05, 4.69) is 48.9 Å². The highest BCUT2D eigenvalue weighted by atomic mass is 16.5. The number of aryl methyl sites for hydroxylation is 2.